The Morgan fingerprint density at radius 3 is 1.98 bits per heavy atom. The number of rotatable bonds is 6. The lowest BCUT2D eigenvalue weighted by atomic mass is 9.98. The van der Waals surface area contributed by atoms with Crippen LogP contribution in [0.2, 0.25) is 0 Å². The molecule has 0 spiro atoms. The van der Waals surface area contributed by atoms with Crippen molar-refractivity contribution in [1.82, 2.24) is 9.97 Å². The number of nitrogens with zero attached hydrogens (tertiary/aromatic N) is 3. The lowest BCUT2D eigenvalue weighted by Gasteiger charge is -2.08. The number of pyridine rings is 1. The molecule has 4 aromatic heterocycles. The number of fused-ring (bicyclic) bond motifs is 6. The number of hydrogen-bond acceptors (Lipinski definition) is 4. The van der Waals surface area contributed by atoms with Gasteiger partial charge in [-0.1, -0.05) is 145 Å². The Labute approximate surface area is 335 Å². The molecule has 5 heteroatoms. The van der Waals surface area contributed by atoms with Gasteiger partial charge in [-0.25, -0.2) is 9.97 Å². The maximum Gasteiger partial charge on any atom is 0.210 e. The van der Waals surface area contributed by atoms with Crippen molar-refractivity contribution < 1.29 is 17.2 Å². The van der Waals surface area contributed by atoms with Crippen LogP contribution in [-0.4, -0.2) is 9.97 Å². The molecule has 56 heavy (non-hydrogen) atoms. The van der Waals surface area contributed by atoms with Gasteiger partial charge in [0.2, 0.25) is 5.69 Å². The summed E-state index contributed by atoms with van der Waals surface area (Å²) in [5.41, 5.74) is 8.91. The van der Waals surface area contributed by atoms with Gasteiger partial charge in [-0.15, -0.1) is 11.3 Å². The summed E-state index contributed by atoms with van der Waals surface area (Å²) in [6.07, 6.45) is 3.96. The van der Waals surface area contributed by atoms with E-state index in [4.69, 9.17) is 15.8 Å². The van der Waals surface area contributed by atoms with Crippen molar-refractivity contribution in [3.8, 4) is 61.7 Å². The molecule has 0 N–H and O–H groups in total. The van der Waals surface area contributed by atoms with E-state index in [2.05, 4.69) is 36.4 Å². The monoisotopic (exact) mass is 740 g/mol. The lowest BCUT2D eigenvalue weighted by molar-refractivity contribution is -0.594. The molecule has 0 saturated heterocycles. The van der Waals surface area contributed by atoms with Gasteiger partial charge in [0.05, 0.1) is 8.22 Å². The molecule has 0 atom stereocenters. The molecule has 0 bridgehead atoms. The molecule has 0 unspecified atom stereocenters. The molecular weight excluding hydrogens is 703 g/mol. The first-order chi connectivity index (χ1) is 30.2. The zero-order valence-electron chi connectivity index (χ0n) is 35.7. The Kier molecular flexibility index (Phi) is 6.29. The summed E-state index contributed by atoms with van der Waals surface area (Å²) < 4.78 is 65.5. The quantitative estimate of drug-likeness (QED) is 0.159. The van der Waals surface area contributed by atoms with Gasteiger partial charge in [0.15, 0.2) is 23.8 Å². The second-order valence-electron chi connectivity index (χ2n) is 13.5. The molecule has 0 saturated carbocycles. The standard InChI is InChI=1S/C51H32N3OS/c1-4-13-33(14-5-1)34-23-25-35(26-24-34)38-29-39(32-54(31-38)40-17-8-3-9-18-40)41-20-12-21-43-42-28-27-37(30-46(42)56-50(41)43)51-52-47(36-15-6-2-7-16-36)49-48(53-51)44-19-10-11-22-45(44)55-49/h1-32H/q+1/i12D,20D,21D,27D,28D,30D. The minimum absolute atomic E-state index is 0.0663. The van der Waals surface area contributed by atoms with E-state index in [1.54, 1.807) is 0 Å². The highest BCUT2D eigenvalue weighted by Gasteiger charge is 2.20. The van der Waals surface area contributed by atoms with Crippen LogP contribution in [0.4, 0.5) is 0 Å². The van der Waals surface area contributed by atoms with E-state index >= 15 is 0 Å². The molecule has 0 amide bonds. The van der Waals surface area contributed by atoms with Crippen LogP contribution in [0.25, 0.3) is 104 Å². The van der Waals surface area contributed by atoms with E-state index in [0.717, 1.165) is 38.9 Å². The van der Waals surface area contributed by atoms with Crippen molar-refractivity contribution in [2.45, 2.75) is 0 Å². The number of para-hydroxylation sites is 2. The predicted octanol–water partition coefficient (Wildman–Crippen LogP) is 13.4. The second-order valence-corrected chi connectivity index (χ2v) is 14.6. The maximum atomic E-state index is 9.73. The summed E-state index contributed by atoms with van der Waals surface area (Å²) in [6.45, 7) is 0. The second kappa shape index (κ2) is 13.3. The molecule has 262 valence electrons. The zero-order chi connectivity index (χ0) is 42.2. The van der Waals surface area contributed by atoms with Gasteiger partial charge in [0.25, 0.3) is 0 Å². The van der Waals surface area contributed by atoms with Gasteiger partial charge in [-0.05, 0) is 40.9 Å². The first-order valence-corrected chi connectivity index (χ1v) is 19.1. The van der Waals surface area contributed by atoms with Crippen LogP contribution >= 0.6 is 11.3 Å². The topological polar surface area (TPSA) is 42.8 Å². The normalized spacial score (nSPS) is 13.1. The van der Waals surface area contributed by atoms with E-state index in [1.165, 1.54) is 11.3 Å². The van der Waals surface area contributed by atoms with E-state index in [-0.39, 0.29) is 58.4 Å². The Morgan fingerprint density at radius 1 is 0.536 bits per heavy atom. The highest BCUT2D eigenvalue weighted by Crippen LogP contribution is 2.42. The highest BCUT2D eigenvalue weighted by molar-refractivity contribution is 7.26. The number of thiophene rings is 1. The van der Waals surface area contributed by atoms with Crippen LogP contribution in [0, 0.1) is 0 Å². The first kappa shape index (κ1) is 26.5. The van der Waals surface area contributed by atoms with Crippen molar-refractivity contribution in [3.63, 3.8) is 0 Å². The fourth-order valence-corrected chi connectivity index (χ4v) is 8.47. The summed E-state index contributed by atoms with van der Waals surface area (Å²) in [6, 6.07) is 46.2. The molecule has 0 aliphatic carbocycles. The average Bonchev–Trinajstić information content (AvgIpc) is 3.91. The van der Waals surface area contributed by atoms with Crippen LogP contribution < -0.4 is 4.57 Å². The summed E-state index contributed by atoms with van der Waals surface area (Å²) in [4.78, 5) is 9.88. The van der Waals surface area contributed by atoms with Crippen LogP contribution in [0.15, 0.2) is 199 Å². The number of furan rings is 1. The zero-order valence-corrected chi connectivity index (χ0v) is 30.5. The number of hydrogen-bond donors (Lipinski definition) is 0. The van der Waals surface area contributed by atoms with Gasteiger partial charge in [0, 0.05) is 65.5 Å². The summed E-state index contributed by atoms with van der Waals surface area (Å²) in [7, 11) is 0. The summed E-state index contributed by atoms with van der Waals surface area (Å²) in [5.74, 6) is 0.106. The van der Waals surface area contributed by atoms with Gasteiger partial charge >= 0.3 is 0 Å². The third-order valence-electron chi connectivity index (χ3n) is 10.1. The van der Waals surface area contributed by atoms with E-state index in [1.807, 2.05) is 126 Å². The molecular formula is C51H32N3OS+. The average molecular weight is 741 g/mol. The van der Waals surface area contributed by atoms with Crippen LogP contribution in [0.1, 0.15) is 8.22 Å². The minimum Gasteiger partial charge on any atom is -0.452 e. The predicted molar refractivity (Wildman–Crippen MR) is 231 cm³/mol. The first-order valence-electron chi connectivity index (χ1n) is 21.2. The molecule has 0 radical (unpaired) electrons. The third kappa shape index (κ3) is 5.56. The van der Waals surface area contributed by atoms with E-state index < -0.39 is 0 Å². The van der Waals surface area contributed by atoms with Crippen molar-refractivity contribution in [1.29, 1.82) is 0 Å². The smallest absolute Gasteiger partial charge is 0.210 e. The largest absolute Gasteiger partial charge is 0.452 e. The molecule has 4 heterocycles. The molecule has 11 rings (SSSR count). The minimum atomic E-state index is -0.300. The summed E-state index contributed by atoms with van der Waals surface area (Å²) in [5, 5.41) is 1.25. The van der Waals surface area contributed by atoms with Gasteiger partial charge < -0.3 is 4.42 Å². The number of aromatic nitrogens is 3. The molecule has 0 aliphatic heterocycles. The van der Waals surface area contributed by atoms with Crippen LogP contribution in [0.5, 0.6) is 0 Å². The van der Waals surface area contributed by atoms with Gasteiger partial charge in [-0.2, -0.15) is 4.57 Å². The van der Waals surface area contributed by atoms with Crippen molar-refractivity contribution in [3.05, 3.63) is 194 Å². The lowest BCUT2D eigenvalue weighted by Crippen LogP contribution is -2.30. The van der Waals surface area contributed by atoms with E-state index in [9.17, 15) is 6.85 Å². The van der Waals surface area contributed by atoms with Crippen molar-refractivity contribution in [2.75, 3.05) is 0 Å². The highest BCUT2D eigenvalue weighted by atomic mass is 32.1. The van der Waals surface area contributed by atoms with Crippen molar-refractivity contribution >= 4 is 53.6 Å². The SMILES string of the molecule is [2H]c1c([2H])c([2H])c2c(sc3c([2H])c(-c4nc(-c5ccccc5)c5oc6ccccc6c5n4)c([2H])c([2H])c32)c1-c1cc(-c2ccc(-c3ccccc3)cc2)c[n+](-c2ccccc2)c1. The van der Waals surface area contributed by atoms with Gasteiger partial charge in [0.1, 0.15) is 16.8 Å². The molecule has 0 aliphatic rings. The summed E-state index contributed by atoms with van der Waals surface area (Å²) >= 11 is 1.19. The Morgan fingerprint density at radius 2 is 1.20 bits per heavy atom. The third-order valence-corrected chi connectivity index (χ3v) is 11.2. The molecule has 11 aromatic rings. The van der Waals surface area contributed by atoms with Gasteiger partial charge in [-0.3, -0.25) is 0 Å². The van der Waals surface area contributed by atoms with Crippen LogP contribution in [-0.2, 0) is 0 Å². The fraction of sp³-hybridized carbons (Fsp3) is 0. The Balaban J connectivity index is 1.16. The maximum absolute atomic E-state index is 9.73. The van der Waals surface area contributed by atoms with Crippen molar-refractivity contribution in [2.24, 2.45) is 0 Å². The molecule has 0 fully saturated rings. The molecule has 4 nitrogen and oxygen atoms in total. The van der Waals surface area contributed by atoms with Crippen LogP contribution in [0.3, 0.4) is 0 Å². The Hall–Kier alpha value is -7.21. The fourth-order valence-electron chi connectivity index (χ4n) is 7.33. The Bertz CT molecular complexity index is 3580. The molecule has 7 aromatic carbocycles. The van der Waals surface area contributed by atoms with E-state index in [0.29, 0.717) is 42.9 Å². The number of benzene rings is 7.